The van der Waals surface area contributed by atoms with Crippen LogP contribution in [0.1, 0.15) is 13.8 Å². The van der Waals surface area contributed by atoms with E-state index in [-0.39, 0.29) is 0 Å². The summed E-state index contributed by atoms with van der Waals surface area (Å²) in [6.07, 6.45) is -14.3. The summed E-state index contributed by atoms with van der Waals surface area (Å²) in [5.41, 5.74) is -1.26. The van der Waals surface area contributed by atoms with Crippen LogP contribution in [0.4, 0.5) is 0 Å². The van der Waals surface area contributed by atoms with Crippen LogP contribution in [0.3, 0.4) is 0 Å². The van der Waals surface area contributed by atoms with Crippen LogP contribution in [-0.4, -0.2) is 105 Å². The highest BCUT2D eigenvalue weighted by molar-refractivity contribution is 14.1. The Kier molecular flexibility index (Phi) is 11.9. The first kappa shape index (κ1) is 25.7. The van der Waals surface area contributed by atoms with Crippen molar-refractivity contribution >= 4 is 44.0 Å². The highest BCUT2D eigenvalue weighted by Crippen LogP contribution is 2.25. The smallest absolute Gasteiger partial charge is 0.283 e. The average Bonchev–Trinajstić information content (AvgIpc) is 2.60. The van der Waals surface area contributed by atoms with Crippen molar-refractivity contribution in [3.8, 4) is 0 Å². The molecule has 0 aromatic heterocycles. The van der Waals surface area contributed by atoms with Crippen molar-refractivity contribution in [2.45, 2.75) is 68.3 Å². The Morgan fingerprint density at radius 2 is 1.40 bits per heavy atom. The maximum absolute atomic E-state index is 10.2. The molecule has 7 N–H and O–H groups in total. The molecule has 0 aliphatic carbocycles. The molecule has 8 unspecified atom stereocenters. The second-order valence-corrected chi connectivity index (χ2v) is 6.66. The van der Waals surface area contributed by atoms with Gasteiger partial charge in [-0.05, 0) is 26.8 Å². The average molecular weight is 498 g/mol. The summed E-state index contributed by atoms with van der Waals surface area (Å²) in [5, 5.41) is 68.9. The quantitative estimate of drug-likeness (QED) is 0.0601. The summed E-state index contributed by atoms with van der Waals surface area (Å²) in [4.78, 5) is 0. The SMILES string of the molecule is [B]OC(C(O)CO)C(O)C(O)C(OS)C(O)C(O)C(O)C(C)(C)OI. The molecule has 0 heterocycles. The molecule has 0 aromatic rings. The van der Waals surface area contributed by atoms with Crippen LogP contribution in [0, 0.1) is 0 Å². The fourth-order valence-electron chi connectivity index (χ4n) is 2.06. The molecule has 2 radical (unpaired) electrons. The number of rotatable bonds is 12. The zero-order chi connectivity index (χ0) is 19.9. The van der Waals surface area contributed by atoms with Crippen molar-refractivity contribution in [3.05, 3.63) is 0 Å². The van der Waals surface area contributed by atoms with Gasteiger partial charge in [0.2, 0.25) is 0 Å². The van der Waals surface area contributed by atoms with E-state index in [4.69, 9.17) is 16.2 Å². The van der Waals surface area contributed by atoms with Crippen LogP contribution in [0.5, 0.6) is 0 Å². The Labute approximate surface area is 166 Å². The Morgan fingerprint density at radius 3 is 1.76 bits per heavy atom. The summed E-state index contributed by atoms with van der Waals surface area (Å²) >= 11 is 4.99. The molecule has 0 rings (SSSR count). The molecule has 148 valence electrons. The van der Waals surface area contributed by atoms with E-state index >= 15 is 0 Å². The van der Waals surface area contributed by atoms with Crippen molar-refractivity contribution in [1.82, 2.24) is 0 Å². The molecule has 0 aliphatic heterocycles. The van der Waals surface area contributed by atoms with Gasteiger partial charge in [-0.2, -0.15) is 0 Å². The van der Waals surface area contributed by atoms with Gasteiger partial charge in [0.05, 0.1) is 12.7 Å². The Morgan fingerprint density at radius 1 is 0.960 bits per heavy atom. The zero-order valence-corrected chi connectivity index (χ0v) is 16.6. The summed E-state index contributed by atoms with van der Waals surface area (Å²) in [6, 6.07) is 0. The number of aliphatic hydroxyl groups is 7. The van der Waals surface area contributed by atoms with E-state index in [0.717, 1.165) is 0 Å². The maximum atomic E-state index is 10.2. The molecule has 10 nitrogen and oxygen atoms in total. The van der Waals surface area contributed by atoms with Gasteiger partial charge in [0.25, 0.3) is 8.05 Å². The summed E-state index contributed by atoms with van der Waals surface area (Å²) in [7, 11) is 4.92. The lowest BCUT2D eigenvalue weighted by Crippen LogP contribution is -2.59. The van der Waals surface area contributed by atoms with Gasteiger partial charge >= 0.3 is 0 Å². The van der Waals surface area contributed by atoms with Crippen molar-refractivity contribution in [2.75, 3.05) is 6.61 Å². The van der Waals surface area contributed by atoms with E-state index in [1.54, 1.807) is 0 Å². The topological polar surface area (TPSA) is 169 Å². The molecule has 0 amide bonds. The van der Waals surface area contributed by atoms with Crippen LogP contribution >= 0.6 is 35.9 Å². The molecule has 0 fully saturated rings. The minimum absolute atomic E-state index is 0.830. The highest BCUT2D eigenvalue weighted by atomic mass is 127. The molecule has 13 heteroatoms. The van der Waals surface area contributed by atoms with Gasteiger partial charge in [0, 0.05) is 0 Å². The van der Waals surface area contributed by atoms with Crippen molar-refractivity contribution in [3.63, 3.8) is 0 Å². The first-order valence-corrected chi connectivity index (χ1v) is 8.39. The first-order valence-electron chi connectivity index (χ1n) is 7.14. The predicted molar refractivity (Wildman–Crippen MR) is 96.8 cm³/mol. The van der Waals surface area contributed by atoms with E-state index in [2.05, 4.69) is 21.7 Å². The van der Waals surface area contributed by atoms with E-state index in [0.29, 0.717) is 0 Å². The molecular formula is C12H24BIO10S. The van der Waals surface area contributed by atoms with Gasteiger partial charge in [-0.1, -0.05) is 0 Å². The second-order valence-electron chi connectivity index (χ2n) is 6.01. The van der Waals surface area contributed by atoms with Crippen LogP contribution in [-0.2, 0) is 11.9 Å². The van der Waals surface area contributed by atoms with Gasteiger partial charge in [-0.25, -0.2) is 0 Å². The van der Waals surface area contributed by atoms with E-state index in [1.807, 2.05) is 0 Å². The van der Waals surface area contributed by atoms with E-state index in [9.17, 15) is 30.6 Å². The molecule has 0 aliphatic rings. The molecule has 8 atom stereocenters. The lowest BCUT2D eigenvalue weighted by atomic mass is 9.88. The number of aliphatic hydroxyl groups excluding tert-OH is 7. The Balaban J connectivity index is 5.28. The van der Waals surface area contributed by atoms with Gasteiger partial charge < -0.3 is 47.6 Å². The Hall–Kier alpha value is 0.745. The minimum Gasteiger partial charge on any atom is -0.440 e. The fraction of sp³-hybridized carbons (Fsp3) is 1.00. The fourth-order valence-corrected chi connectivity index (χ4v) is 2.57. The molecule has 0 spiro atoms. The normalized spacial score (nSPS) is 22.5. The highest BCUT2D eigenvalue weighted by Gasteiger charge is 2.45. The largest absolute Gasteiger partial charge is 0.440 e. The number of halogens is 1. The molecule has 0 saturated heterocycles. The van der Waals surface area contributed by atoms with Gasteiger partial charge in [-0.15, -0.1) is 0 Å². The molecular weight excluding hydrogens is 474 g/mol. The van der Waals surface area contributed by atoms with Crippen molar-refractivity contribution < 1.29 is 47.6 Å². The van der Waals surface area contributed by atoms with Crippen molar-refractivity contribution in [1.29, 1.82) is 0 Å². The van der Waals surface area contributed by atoms with E-state index in [1.165, 1.54) is 36.9 Å². The molecule has 0 saturated carbocycles. The van der Waals surface area contributed by atoms with Gasteiger partial charge in [0.15, 0.2) is 0 Å². The third-order valence-corrected chi connectivity index (χ3v) is 5.17. The molecule has 0 bridgehead atoms. The van der Waals surface area contributed by atoms with Gasteiger partial charge in [-0.3, -0.25) is 0 Å². The first-order chi connectivity index (χ1) is 11.5. The lowest BCUT2D eigenvalue weighted by Gasteiger charge is -2.38. The Bertz CT molecular complexity index is 368. The van der Waals surface area contributed by atoms with Crippen LogP contribution in [0.2, 0.25) is 0 Å². The van der Waals surface area contributed by atoms with E-state index < -0.39 is 61.0 Å². The van der Waals surface area contributed by atoms with Crippen LogP contribution < -0.4 is 0 Å². The third kappa shape index (κ3) is 6.69. The molecule has 0 aromatic carbocycles. The minimum atomic E-state index is -1.97. The summed E-state index contributed by atoms with van der Waals surface area (Å²) < 4.78 is 13.9. The summed E-state index contributed by atoms with van der Waals surface area (Å²) in [5.74, 6) is 0. The third-order valence-electron chi connectivity index (χ3n) is 3.79. The van der Waals surface area contributed by atoms with Crippen LogP contribution in [0.15, 0.2) is 0 Å². The lowest BCUT2D eigenvalue weighted by molar-refractivity contribution is -0.177. The van der Waals surface area contributed by atoms with Gasteiger partial charge in [0.1, 0.15) is 71.3 Å². The predicted octanol–water partition coefficient (Wildman–Crippen LogP) is -3.01. The van der Waals surface area contributed by atoms with Crippen LogP contribution in [0.25, 0.3) is 0 Å². The monoisotopic (exact) mass is 498 g/mol. The standard InChI is InChI=1S/C12H24BIO10S/c1-12(2,24-14)11(21)8(20)7(19)10(23-25)6(18)5(17)9(22-13)4(16)3-15/h4-11,15-21,25H,3H2,1-2H3. The second kappa shape index (κ2) is 11.6. The number of hydrogen-bond donors (Lipinski definition) is 8. The maximum Gasteiger partial charge on any atom is 0.283 e. The summed E-state index contributed by atoms with van der Waals surface area (Å²) in [6.45, 7) is 2.05. The number of hydrogen-bond acceptors (Lipinski definition) is 11. The molecule has 25 heavy (non-hydrogen) atoms. The van der Waals surface area contributed by atoms with Crippen molar-refractivity contribution in [2.24, 2.45) is 0 Å². The zero-order valence-electron chi connectivity index (χ0n) is 13.6. The number of thiol groups is 1.